The number of hydrogen-bond donors (Lipinski definition) is 0. The van der Waals surface area contributed by atoms with Gasteiger partial charge >= 0.3 is 0 Å². The Hall–Kier alpha value is -1.15. The van der Waals surface area contributed by atoms with Crippen molar-refractivity contribution in [3.05, 3.63) is 41.5 Å². The molecule has 1 aromatic heterocycles. The second-order valence-corrected chi connectivity index (χ2v) is 4.53. The second-order valence-electron chi connectivity index (χ2n) is 3.64. The average Bonchev–Trinajstić information content (AvgIpc) is 2.71. The summed E-state index contributed by atoms with van der Waals surface area (Å²) in [5.74, 6) is 0.602. The number of rotatable bonds is 2. The van der Waals surface area contributed by atoms with Crippen molar-refractivity contribution in [1.29, 1.82) is 0 Å². The van der Waals surface area contributed by atoms with Crippen LogP contribution in [0.3, 0.4) is 0 Å². The summed E-state index contributed by atoms with van der Waals surface area (Å²) in [5, 5.41) is 0. The maximum absolute atomic E-state index is 4.07. The first-order valence-electron chi connectivity index (χ1n) is 4.76. The van der Waals surface area contributed by atoms with Gasteiger partial charge in [-0.25, -0.2) is 0 Å². The Bertz CT molecular complexity index is 387. The molecule has 2 rings (SSSR count). The van der Waals surface area contributed by atoms with E-state index in [4.69, 9.17) is 0 Å². The Labute approximate surface area is 88.4 Å². The van der Waals surface area contributed by atoms with Crippen LogP contribution in [-0.4, -0.2) is 4.98 Å². The van der Waals surface area contributed by atoms with Gasteiger partial charge in [0.05, 0.1) is 10.4 Å². The first kappa shape index (κ1) is 9.41. The topological polar surface area (TPSA) is 12.9 Å². The van der Waals surface area contributed by atoms with E-state index in [2.05, 4.69) is 43.1 Å². The number of thiazole rings is 1. The van der Waals surface area contributed by atoms with Crippen LogP contribution in [0.5, 0.6) is 0 Å². The molecule has 0 bridgehead atoms. The van der Waals surface area contributed by atoms with Crippen molar-refractivity contribution in [1.82, 2.24) is 4.98 Å². The lowest BCUT2D eigenvalue weighted by Crippen LogP contribution is -1.85. The smallest absolute Gasteiger partial charge is 0.0797 e. The molecule has 0 aliphatic rings. The van der Waals surface area contributed by atoms with E-state index in [-0.39, 0.29) is 0 Å². The van der Waals surface area contributed by atoms with Crippen LogP contribution in [0.2, 0.25) is 0 Å². The SMILES string of the molecule is CC(C)c1ccc(-c2cncs2)cc1. The summed E-state index contributed by atoms with van der Waals surface area (Å²) in [4.78, 5) is 5.31. The van der Waals surface area contributed by atoms with Gasteiger partial charge in [-0.15, -0.1) is 11.3 Å². The van der Waals surface area contributed by atoms with Gasteiger partial charge in [0.2, 0.25) is 0 Å². The molecule has 0 aliphatic heterocycles. The van der Waals surface area contributed by atoms with E-state index in [9.17, 15) is 0 Å². The third kappa shape index (κ3) is 1.85. The number of hydrogen-bond acceptors (Lipinski definition) is 2. The highest BCUT2D eigenvalue weighted by atomic mass is 32.1. The van der Waals surface area contributed by atoms with Crippen LogP contribution in [0.15, 0.2) is 36.0 Å². The molecule has 14 heavy (non-hydrogen) atoms. The maximum Gasteiger partial charge on any atom is 0.0797 e. The van der Waals surface area contributed by atoms with E-state index in [1.165, 1.54) is 16.0 Å². The van der Waals surface area contributed by atoms with E-state index in [0.717, 1.165) is 0 Å². The standard InChI is InChI=1S/C12H13NS/c1-9(2)10-3-5-11(6-4-10)12-7-13-8-14-12/h3-9H,1-2H3. The Balaban J connectivity index is 2.31. The van der Waals surface area contributed by atoms with Crippen LogP contribution in [0.25, 0.3) is 10.4 Å². The molecule has 0 N–H and O–H groups in total. The summed E-state index contributed by atoms with van der Waals surface area (Å²) >= 11 is 1.68. The average molecular weight is 203 g/mol. The van der Waals surface area contributed by atoms with Crippen molar-refractivity contribution in [3.8, 4) is 10.4 Å². The highest BCUT2D eigenvalue weighted by Crippen LogP contribution is 2.24. The van der Waals surface area contributed by atoms with Crippen LogP contribution in [0.1, 0.15) is 25.3 Å². The van der Waals surface area contributed by atoms with Gasteiger partial charge in [-0.2, -0.15) is 0 Å². The minimum Gasteiger partial charge on any atom is -0.252 e. The second kappa shape index (κ2) is 3.93. The van der Waals surface area contributed by atoms with Gasteiger partial charge in [0, 0.05) is 6.20 Å². The third-order valence-corrected chi connectivity index (χ3v) is 3.12. The van der Waals surface area contributed by atoms with Crippen molar-refractivity contribution in [3.63, 3.8) is 0 Å². The lowest BCUT2D eigenvalue weighted by Gasteiger charge is -2.05. The van der Waals surface area contributed by atoms with Crippen molar-refractivity contribution in [2.75, 3.05) is 0 Å². The highest BCUT2D eigenvalue weighted by molar-refractivity contribution is 7.13. The molecule has 0 radical (unpaired) electrons. The lowest BCUT2D eigenvalue weighted by molar-refractivity contribution is 0.867. The monoisotopic (exact) mass is 203 g/mol. The summed E-state index contributed by atoms with van der Waals surface area (Å²) in [5.41, 5.74) is 4.52. The molecule has 72 valence electrons. The molecule has 1 heterocycles. The van der Waals surface area contributed by atoms with Crippen molar-refractivity contribution in [2.45, 2.75) is 19.8 Å². The van der Waals surface area contributed by atoms with Crippen molar-refractivity contribution in [2.24, 2.45) is 0 Å². The number of aromatic nitrogens is 1. The zero-order valence-corrected chi connectivity index (χ0v) is 9.21. The van der Waals surface area contributed by atoms with Crippen molar-refractivity contribution < 1.29 is 0 Å². The lowest BCUT2D eigenvalue weighted by atomic mass is 10.0. The maximum atomic E-state index is 4.07. The van der Waals surface area contributed by atoms with Gasteiger partial charge in [0.25, 0.3) is 0 Å². The fourth-order valence-corrected chi connectivity index (χ4v) is 2.02. The summed E-state index contributed by atoms with van der Waals surface area (Å²) in [7, 11) is 0. The molecule has 0 saturated heterocycles. The van der Waals surface area contributed by atoms with Crippen LogP contribution in [0.4, 0.5) is 0 Å². The van der Waals surface area contributed by atoms with Crippen molar-refractivity contribution >= 4 is 11.3 Å². The fraction of sp³-hybridized carbons (Fsp3) is 0.250. The molecule has 2 heteroatoms. The van der Waals surface area contributed by atoms with Gasteiger partial charge in [-0.1, -0.05) is 38.1 Å². The van der Waals surface area contributed by atoms with Gasteiger partial charge in [-0.3, -0.25) is 4.98 Å². The Morgan fingerprint density at radius 3 is 2.36 bits per heavy atom. The largest absolute Gasteiger partial charge is 0.252 e. The normalized spacial score (nSPS) is 10.8. The van der Waals surface area contributed by atoms with E-state index in [1.807, 2.05) is 11.7 Å². The molecule has 0 unspecified atom stereocenters. The molecule has 2 aromatic rings. The van der Waals surface area contributed by atoms with Gasteiger partial charge in [0.15, 0.2) is 0 Å². The van der Waals surface area contributed by atoms with E-state index in [0.29, 0.717) is 5.92 Å². The van der Waals surface area contributed by atoms with E-state index >= 15 is 0 Å². The van der Waals surface area contributed by atoms with Gasteiger partial charge in [0.1, 0.15) is 0 Å². The Morgan fingerprint density at radius 1 is 1.14 bits per heavy atom. The van der Waals surface area contributed by atoms with Crippen LogP contribution < -0.4 is 0 Å². The third-order valence-electron chi connectivity index (χ3n) is 2.29. The molecular weight excluding hydrogens is 190 g/mol. The molecule has 1 nitrogen and oxygen atoms in total. The molecule has 0 saturated carbocycles. The predicted molar refractivity (Wildman–Crippen MR) is 61.6 cm³/mol. The van der Waals surface area contributed by atoms with Crippen LogP contribution in [-0.2, 0) is 0 Å². The number of nitrogens with zero attached hydrogens (tertiary/aromatic N) is 1. The minimum atomic E-state index is 0.602. The first-order chi connectivity index (χ1) is 6.77. The predicted octanol–water partition coefficient (Wildman–Crippen LogP) is 3.93. The fourth-order valence-electron chi connectivity index (χ4n) is 1.39. The Morgan fingerprint density at radius 2 is 1.86 bits per heavy atom. The molecule has 0 atom stereocenters. The van der Waals surface area contributed by atoms with Gasteiger partial charge in [-0.05, 0) is 17.0 Å². The van der Waals surface area contributed by atoms with E-state index < -0.39 is 0 Å². The molecule has 0 fully saturated rings. The van der Waals surface area contributed by atoms with Crippen LogP contribution >= 0.6 is 11.3 Å². The zero-order valence-electron chi connectivity index (χ0n) is 8.40. The summed E-state index contributed by atoms with van der Waals surface area (Å²) in [6, 6.07) is 8.73. The van der Waals surface area contributed by atoms with Crippen LogP contribution in [0, 0.1) is 0 Å². The van der Waals surface area contributed by atoms with Gasteiger partial charge < -0.3 is 0 Å². The highest BCUT2D eigenvalue weighted by Gasteiger charge is 2.01. The first-order valence-corrected chi connectivity index (χ1v) is 5.64. The molecule has 0 amide bonds. The van der Waals surface area contributed by atoms with E-state index in [1.54, 1.807) is 11.3 Å². The Kier molecular flexibility index (Phi) is 2.64. The zero-order chi connectivity index (χ0) is 9.97. The quantitative estimate of drug-likeness (QED) is 0.720. The minimum absolute atomic E-state index is 0.602. The number of benzene rings is 1. The molecule has 0 spiro atoms. The molecule has 1 aromatic carbocycles. The molecule has 0 aliphatic carbocycles. The molecular formula is C12H13NS. The summed E-state index contributed by atoms with van der Waals surface area (Å²) in [6.07, 6.45) is 1.91. The summed E-state index contributed by atoms with van der Waals surface area (Å²) < 4.78 is 0. The summed E-state index contributed by atoms with van der Waals surface area (Å²) in [6.45, 7) is 4.42.